The number of carbonyl (C=O) groups excluding carboxylic acids is 3. The Bertz CT molecular complexity index is 598. The summed E-state index contributed by atoms with van der Waals surface area (Å²) in [5.41, 5.74) is 1.45. The van der Waals surface area contributed by atoms with E-state index in [-0.39, 0.29) is 47.3 Å². The van der Waals surface area contributed by atoms with Gasteiger partial charge in [0.1, 0.15) is 11.9 Å². The second kappa shape index (κ2) is 4.65. The molecule has 2 aliphatic carbocycles. The van der Waals surface area contributed by atoms with Gasteiger partial charge in [-0.25, -0.2) is 0 Å². The van der Waals surface area contributed by atoms with E-state index in [1.54, 1.807) is 6.08 Å². The highest BCUT2D eigenvalue weighted by molar-refractivity contribution is 6.05. The van der Waals surface area contributed by atoms with Crippen LogP contribution in [0.3, 0.4) is 0 Å². The van der Waals surface area contributed by atoms with Crippen molar-refractivity contribution in [3.63, 3.8) is 0 Å². The van der Waals surface area contributed by atoms with Crippen LogP contribution in [0.5, 0.6) is 0 Å². The molecule has 112 valence electrons. The minimum Gasteiger partial charge on any atom is -0.457 e. The molecule has 4 nitrogen and oxygen atoms in total. The molecule has 3 aliphatic rings. The maximum Gasteiger partial charge on any atom is 0.310 e. The van der Waals surface area contributed by atoms with Gasteiger partial charge in [-0.05, 0) is 38.3 Å². The number of ether oxygens (including phenoxy) is 1. The molecular formula is C17H20O4. The van der Waals surface area contributed by atoms with Gasteiger partial charge < -0.3 is 9.53 Å². The van der Waals surface area contributed by atoms with Crippen molar-refractivity contribution in [2.75, 3.05) is 0 Å². The summed E-state index contributed by atoms with van der Waals surface area (Å²) in [6, 6.07) is 0. The third-order valence-electron chi connectivity index (χ3n) is 5.23. The Morgan fingerprint density at radius 2 is 2.14 bits per heavy atom. The Kier molecular flexibility index (Phi) is 3.15. The van der Waals surface area contributed by atoms with Crippen LogP contribution < -0.4 is 0 Å². The molecule has 0 radical (unpaired) electrons. The lowest BCUT2D eigenvalue weighted by atomic mass is 9.61. The number of fused-ring (bicyclic) bond motifs is 3. The van der Waals surface area contributed by atoms with Crippen molar-refractivity contribution in [1.82, 2.24) is 0 Å². The summed E-state index contributed by atoms with van der Waals surface area (Å²) in [5, 5.41) is 0. The van der Waals surface area contributed by atoms with Crippen molar-refractivity contribution in [2.24, 2.45) is 17.3 Å². The molecule has 1 saturated carbocycles. The number of carbonyl (C=O) groups is 3. The van der Waals surface area contributed by atoms with E-state index in [0.29, 0.717) is 5.57 Å². The minimum atomic E-state index is -0.349. The van der Waals surface area contributed by atoms with Gasteiger partial charge in [0.25, 0.3) is 0 Å². The average molecular weight is 288 g/mol. The Balaban J connectivity index is 2.00. The second-order valence-electron chi connectivity index (χ2n) is 6.73. The summed E-state index contributed by atoms with van der Waals surface area (Å²) >= 11 is 0. The van der Waals surface area contributed by atoms with E-state index >= 15 is 0 Å². The van der Waals surface area contributed by atoms with Gasteiger partial charge in [0.05, 0.1) is 5.92 Å². The van der Waals surface area contributed by atoms with Crippen LogP contribution in [0.25, 0.3) is 0 Å². The van der Waals surface area contributed by atoms with Crippen LogP contribution in [0.4, 0.5) is 0 Å². The van der Waals surface area contributed by atoms with Crippen LogP contribution in [-0.4, -0.2) is 23.6 Å². The lowest BCUT2D eigenvalue weighted by molar-refractivity contribution is -0.144. The summed E-state index contributed by atoms with van der Waals surface area (Å²) in [5.74, 6) is -0.603. The van der Waals surface area contributed by atoms with Crippen molar-refractivity contribution in [3.05, 3.63) is 23.3 Å². The van der Waals surface area contributed by atoms with Crippen molar-refractivity contribution in [3.8, 4) is 0 Å². The minimum absolute atomic E-state index is 0.00538. The molecular weight excluding hydrogens is 268 g/mol. The molecule has 0 N–H and O–H groups in total. The van der Waals surface area contributed by atoms with Gasteiger partial charge in [-0.15, -0.1) is 0 Å². The highest BCUT2D eigenvalue weighted by atomic mass is 16.6. The number of Topliss-reactive ketones (excluding diaryl/α,β-unsaturated/α-hetero) is 1. The maximum absolute atomic E-state index is 12.1. The van der Waals surface area contributed by atoms with E-state index in [2.05, 4.69) is 6.92 Å². The maximum atomic E-state index is 12.1. The molecule has 2 fully saturated rings. The predicted molar refractivity (Wildman–Crippen MR) is 76.3 cm³/mol. The first kappa shape index (κ1) is 14.2. The first-order chi connectivity index (χ1) is 9.83. The fourth-order valence-electron chi connectivity index (χ4n) is 4.11. The largest absolute Gasteiger partial charge is 0.457 e. The van der Waals surface area contributed by atoms with Gasteiger partial charge in [-0.1, -0.05) is 13.0 Å². The van der Waals surface area contributed by atoms with Gasteiger partial charge in [-0.3, -0.25) is 9.59 Å². The second-order valence-corrected chi connectivity index (χ2v) is 6.73. The lowest BCUT2D eigenvalue weighted by Crippen LogP contribution is -2.40. The Hall–Kier alpha value is -1.71. The zero-order valence-electron chi connectivity index (χ0n) is 12.6. The molecule has 0 aromatic carbocycles. The normalized spacial score (nSPS) is 38.1. The summed E-state index contributed by atoms with van der Waals surface area (Å²) < 4.78 is 5.60. The van der Waals surface area contributed by atoms with Crippen LogP contribution >= 0.6 is 0 Å². The van der Waals surface area contributed by atoms with Gasteiger partial charge in [0.15, 0.2) is 5.78 Å². The number of hydrogen-bond donors (Lipinski definition) is 0. The van der Waals surface area contributed by atoms with E-state index < -0.39 is 0 Å². The fourth-order valence-corrected chi connectivity index (χ4v) is 4.11. The molecule has 1 saturated heterocycles. The van der Waals surface area contributed by atoms with Crippen molar-refractivity contribution < 1.29 is 19.1 Å². The molecule has 0 amide bonds. The summed E-state index contributed by atoms with van der Waals surface area (Å²) in [6.45, 7) is 5.41. The van der Waals surface area contributed by atoms with Gasteiger partial charge in [0, 0.05) is 23.3 Å². The zero-order valence-corrected chi connectivity index (χ0v) is 12.6. The molecule has 0 bridgehead atoms. The first-order valence-corrected chi connectivity index (χ1v) is 7.48. The summed E-state index contributed by atoms with van der Waals surface area (Å²) in [4.78, 5) is 35.5. The van der Waals surface area contributed by atoms with Crippen molar-refractivity contribution in [1.29, 1.82) is 0 Å². The quantitative estimate of drug-likeness (QED) is 0.732. The molecule has 1 heterocycles. The average Bonchev–Trinajstić information content (AvgIpc) is 2.70. The Morgan fingerprint density at radius 1 is 1.43 bits per heavy atom. The van der Waals surface area contributed by atoms with Crippen LogP contribution in [0.15, 0.2) is 23.3 Å². The lowest BCUT2D eigenvalue weighted by Gasteiger charge is -2.43. The molecule has 4 heteroatoms. The summed E-state index contributed by atoms with van der Waals surface area (Å²) in [6.07, 6.45) is 5.21. The Labute approximate surface area is 124 Å². The van der Waals surface area contributed by atoms with Crippen LogP contribution in [-0.2, 0) is 19.1 Å². The number of hydrogen-bond acceptors (Lipinski definition) is 4. The number of esters is 1. The van der Waals surface area contributed by atoms with E-state index in [1.807, 2.05) is 13.0 Å². The summed E-state index contributed by atoms with van der Waals surface area (Å²) in [7, 11) is 0. The fraction of sp³-hybridized carbons (Fsp3) is 0.588. The molecule has 21 heavy (non-hydrogen) atoms. The predicted octanol–water partition coefficient (Wildman–Crippen LogP) is 2.38. The van der Waals surface area contributed by atoms with E-state index in [1.165, 1.54) is 6.92 Å². The smallest absolute Gasteiger partial charge is 0.310 e. The monoisotopic (exact) mass is 288 g/mol. The third-order valence-corrected chi connectivity index (χ3v) is 5.23. The van der Waals surface area contributed by atoms with Gasteiger partial charge in [-0.2, -0.15) is 0 Å². The molecule has 0 aromatic heterocycles. The van der Waals surface area contributed by atoms with Crippen molar-refractivity contribution >= 4 is 17.5 Å². The van der Waals surface area contributed by atoms with E-state index in [0.717, 1.165) is 18.4 Å². The Morgan fingerprint density at radius 3 is 2.81 bits per heavy atom. The highest BCUT2D eigenvalue weighted by Crippen LogP contribution is 2.53. The highest BCUT2D eigenvalue weighted by Gasteiger charge is 2.54. The first-order valence-electron chi connectivity index (χ1n) is 7.48. The molecule has 3 rings (SSSR count). The van der Waals surface area contributed by atoms with Crippen LogP contribution in [0.2, 0.25) is 0 Å². The van der Waals surface area contributed by atoms with Gasteiger partial charge >= 0.3 is 5.97 Å². The SMILES string of the molecule is CC(=O)C[C@@H]1C(=O)O[C@@H]2C3=C(C)C(=O)C=C[C@]3(C)CC[C@@H]12. The number of rotatable bonds is 2. The number of ketones is 2. The number of allylic oxidation sites excluding steroid dienone is 3. The van der Waals surface area contributed by atoms with Gasteiger partial charge in [0.2, 0.25) is 0 Å². The molecule has 0 aromatic rings. The molecule has 4 atom stereocenters. The van der Waals surface area contributed by atoms with Crippen LogP contribution in [0.1, 0.15) is 40.0 Å². The molecule has 0 unspecified atom stereocenters. The standard InChI is InChI=1S/C17H20O4/c1-9(18)8-12-11-4-6-17(3)7-5-13(19)10(2)14(17)15(11)21-16(12)20/h5,7,11-12,15H,4,6,8H2,1-3H3/t11-,12-,15-,17-/m0/s1. The van der Waals surface area contributed by atoms with E-state index in [9.17, 15) is 14.4 Å². The molecule has 1 aliphatic heterocycles. The third kappa shape index (κ3) is 2.08. The topological polar surface area (TPSA) is 60.4 Å². The van der Waals surface area contributed by atoms with Crippen molar-refractivity contribution in [2.45, 2.75) is 46.1 Å². The molecule has 0 spiro atoms. The zero-order chi connectivity index (χ0) is 15.4. The van der Waals surface area contributed by atoms with Crippen LogP contribution in [0, 0.1) is 17.3 Å². The van der Waals surface area contributed by atoms with E-state index in [4.69, 9.17) is 4.74 Å².